The minimum absolute atomic E-state index is 0.0867. The number of hydrogen-bond donors (Lipinski definition) is 0. The number of benzene rings is 2. The molecular formula is C27H26N2O7. The first kappa shape index (κ1) is 23.5. The van der Waals surface area contributed by atoms with Crippen molar-refractivity contribution in [2.45, 2.75) is 32.2 Å². The van der Waals surface area contributed by atoms with Crippen LogP contribution in [0.5, 0.6) is 28.7 Å². The Hall–Kier alpha value is -4.27. The maximum atomic E-state index is 13.4. The van der Waals surface area contributed by atoms with Gasteiger partial charge in [-0.1, -0.05) is 0 Å². The zero-order valence-electron chi connectivity index (χ0n) is 20.7. The predicted molar refractivity (Wildman–Crippen MR) is 130 cm³/mol. The van der Waals surface area contributed by atoms with E-state index in [4.69, 9.17) is 23.7 Å². The van der Waals surface area contributed by atoms with Crippen LogP contribution in [-0.4, -0.2) is 42.9 Å². The van der Waals surface area contributed by atoms with Crippen molar-refractivity contribution in [1.82, 2.24) is 9.78 Å². The summed E-state index contributed by atoms with van der Waals surface area (Å²) in [7, 11) is 4.60. The second kappa shape index (κ2) is 9.07. The van der Waals surface area contributed by atoms with Gasteiger partial charge in [0.15, 0.2) is 17.3 Å². The van der Waals surface area contributed by atoms with Gasteiger partial charge in [0.2, 0.25) is 5.78 Å². The molecule has 0 saturated carbocycles. The fourth-order valence-electron chi connectivity index (χ4n) is 4.70. The predicted octanol–water partition coefficient (Wildman–Crippen LogP) is 4.55. The number of ether oxygens (including phenoxy) is 5. The third-order valence-electron chi connectivity index (χ3n) is 6.35. The number of hydrogen-bond acceptors (Lipinski definition) is 8. The molecule has 2 aliphatic rings. The number of aromatic nitrogens is 2. The average Bonchev–Trinajstić information content (AvgIpc) is 3.48. The van der Waals surface area contributed by atoms with Gasteiger partial charge in [0.05, 0.1) is 33.3 Å². The van der Waals surface area contributed by atoms with Crippen molar-refractivity contribution >= 4 is 17.8 Å². The third kappa shape index (κ3) is 3.77. The molecule has 9 heteroatoms. The molecule has 0 bridgehead atoms. The lowest BCUT2D eigenvalue weighted by Gasteiger charge is -2.27. The number of allylic oxidation sites excluding steroid dienone is 1. The van der Waals surface area contributed by atoms with Gasteiger partial charge in [0.1, 0.15) is 17.2 Å². The van der Waals surface area contributed by atoms with Crippen molar-refractivity contribution in [2.75, 3.05) is 21.3 Å². The molecule has 2 aromatic carbocycles. The molecule has 0 N–H and O–H groups in total. The summed E-state index contributed by atoms with van der Waals surface area (Å²) in [5, 5.41) is 4.43. The minimum atomic E-state index is -0.371. The Bertz CT molecular complexity index is 1400. The summed E-state index contributed by atoms with van der Waals surface area (Å²) < 4.78 is 29.8. The molecule has 1 aromatic heterocycles. The molecule has 0 spiro atoms. The zero-order valence-corrected chi connectivity index (χ0v) is 20.7. The molecule has 3 aromatic rings. The number of nitrogens with zero attached hydrogens (tertiary/aromatic N) is 2. The van der Waals surface area contributed by atoms with E-state index in [1.165, 1.54) is 21.3 Å². The van der Waals surface area contributed by atoms with E-state index < -0.39 is 0 Å². The number of carbonyl (C=O) groups excluding carboxylic acids is 2. The van der Waals surface area contributed by atoms with E-state index in [1.807, 2.05) is 24.6 Å². The largest absolute Gasteiger partial charge is 0.496 e. The molecule has 3 heterocycles. The molecular weight excluding hydrogens is 464 g/mol. The van der Waals surface area contributed by atoms with E-state index >= 15 is 0 Å². The highest BCUT2D eigenvalue weighted by Gasteiger charge is 2.39. The second-order valence-electron chi connectivity index (χ2n) is 8.77. The van der Waals surface area contributed by atoms with Crippen molar-refractivity contribution in [2.24, 2.45) is 0 Å². The maximum Gasteiger partial charge on any atom is 0.312 e. The number of Topliss-reactive ketones (excluding diaryl/α,β-unsaturated/α-hetero) is 1. The van der Waals surface area contributed by atoms with Crippen molar-refractivity contribution in [3.63, 3.8) is 0 Å². The van der Waals surface area contributed by atoms with Gasteiger partial charge >= 0.3 is 5.97 Å². The van der Waals surface area contributed by atoms with Gasteiger partial charge in [-0.2, -0.15) is 5.10 Å². The van der Waals surface area contributed by atoms with Gasteiger partial charge in [0, 0.05) is 41.0 Å². The summed E-state index contributed by atoms with van der Waals surface area (Å²) in [6.07, 6.45) is 3.43. The maximum absolute atomic E-state index is 13.4. The Balaban J connectivity index is 1.62. The molecule has 36 heavy (non-hydrogen) atoms. The normalized spacial score (nSPS) is 17.5. The Morgan fingerprint density at radius 1 is 1.00 bits per heavy atom. The van der Waals surface area contributed by atoms with Crippen LogP contribution in [0.15, 0.2) is 42.3 Å². The average molecular weight is 491 g/mol. The first-order chi connectivity index (χ1) is 17.4. The van der Waals surface area contributed by atoms with Crippen LogP contribution < -0.4 is 23.7 Å². The number of rotatable bonds is 6. The van der Waals surface area contributed by atoms with E-state index in [1.54, 1.807) is 36.5 Å². The van der Waals surface area contributed by atoms with E-state index in [0.717, 1.165) is 5.69 Å². The molecule has 0 fully saturated rings. The second-order valence-corrected chi connectivity index (χ2v) is 8.77. The van der Waals surface area contributed by atoms with E-state index in [9.17, 15) is 9.59 Å². The smallest absolute Gasteiger partial charge is 0.312 e. The van der Waals surface area contributed by atoms with Crippen molar-refractivity contribution in [1.29, 1.82) is 0 Å². The Morgan fingerprint density at radius 3 is 2.42 bits per heavy atom. The van der Waals surface area contributed by atoms with Crippen molar-refractivity contribution in [3.8, 4) is 28.7 Å². The van der Waals surface area contributed by atoms with E-state index in [2.05, 4.69) is 5.10 Å². The zero-order chi connectivity index (χ0) is 25.6. The molecule has 9 nitrogen and oxygen atoms in total. The third-order valence-corrected chi connectivity index (χ3v) is 6.35. The van der Waals surface area contributed by atoms with Crippen LogP contribution >= 0.6 is 0 Å². The summed E-state index contributed by atoms with van der Waals surface area (Å²) in [5.41, 5.74) is 2.50. The number of esters is 1. The van der Waals surface area contributed by atoms with Gasteiger partial charge in [0.25, 0.3) is 0 Å². The van der Waals surface area contributed by atoms with Gasteiger partial charge in [-0.15, -0.1) is 0 Å². The van der Waals surface area contributed by atoms with E-state index in [0.29, 0.717) is 45.4 Å². The fourth-order valence-corrected chi connectivity index (χ4v) is 4.70. The topological polar surface area (TPSA) is 98.1 Å². The Kier molecular flexibility index (Phi) is 5.91. The van der Waals surface area contributed by atoms with Crippen LogP contribution in [-0.2, 0) is 4.79 Å². The molecule has 0 radical (unpaired) electrons. The van der Waals surface area contributed by atoms with Gasteiger partial charge in [-0.25, -0.2) is 0 Å². The monoisotopic (exact) mass is 490 g/mol. The Morgan fingerprint density at radius 2 is 1.72 bits per heavy atom. The number of methoxy groups -OCH3 is 3. The van der Waals surface area contributed by atoms with Crippen LogP contribution in [0.1, 0.15) is 59.4 Å². The highest BCUT2D eigenvalue weighted by atomic mass is 16.5. The van der Waals surface area contributed by atoms with Crippen LogP contribution in [0.25, 0.3) is 6.08 Å². The number of carbonyl (C=O) groups is 2. The molecule has 0 aliphatic carbocycles. The van der Waals surface area contributed by atoms with Crippen molar-refractivity contribution < 1.29 is 33.3 Å². The highest BCUT2D eigenvalue weighted by molar-refractivity contribution is 6.15. The van der Waals surface area contributed by atoms with Crippen LogP contribution in [0, 0.1) is 0 Å². The molecule has 0 saturated heterocycles. The van der Waals surface area contributed by atoms with Gasteiger partial charge < -0.3 is 23.7 Å². The SMILES string of the molecule is COc1cc(OC)c(OC)cc1C=C1Oc2c(ccc3c2C(c2ccnn2C(C)C)CC(=O)O3)C1=O. The first-order valence-electron chi connectivity index (χ1n) is 11.5. The lowest BCUT2D eigenvalue weighted by Crippen LogP contribution is -2.24. The first-order valence-corrected chi connectivity index (χ1v) is 11.5. The molecule has 1 atom stereocenters. The minimum Gasteiger partial charge on any atom is -0.496 e. The lowest BCUT2D eigenvalue weighted by molar-refractivity contribution is -0.135. The standard InChI is InChI=1S/C27H26N2O7/c1-14(2)29-18(8-9-28-29)17-12-24(30)35-19-7-6-16-26(31)23(36-27(16)25(17)19)11-15-10-21(33-4)22(34-5)13-20(15)32-3/h6-11,13-14,17H,12H2,1-5H3. The fraction of sp³-hybridized carbons (Fsp3) is 0.296. The van der Waals surface area contributed by atoms with Crippen LogP contribution in [0.4, 0.5) is 0 Å². The highest BCUT2D eigenvalue weighted by Crippen LogP contribution is 2.49. The molecule has 1 unspecified atom stereocenters. The summed E-state index contributed by atoms with van der Waals surface area (Å²) >= 11 is 0. The van der Waals surface area contributed by atoms with Gasteiger partial charge in [-0.3, -0.25) is 14.3 Å². The molecule has 186 valence electrons. The Labute approximate surface area is 208 Å². The summed E-state index contributed by atoms with van der Waals surface area (Å²) in [5.74, 6) is 1.36. The molecule has 0 amide bonds. The van der Waals surface area contributed by atoms with Gasteiger partial charge in [-0.05, 0) is 44.2 Å². The molecule has 2 aliphatic heterocycles. The van der Waals surface area contributed by atoms with E-state index in [-0.39, 0.29) is 35.9 Å². The van der Waals surface area contributed by atoms with Crippen molar-refractivity contribution in [3.05, 3.63) is 64.7 Å². The number of ketones is 1. The summed E-state index contributed by atoms with van der Waals surface area (Å²) in [4.78, 5) is 25.8. The number of fused-ring (bicyclic) bond motifs is 3. The summed E-state index contributed by atoms with van der Waals surface area (Å²) in [6, 6.07) is 8.64. The molecule has 5 rings (SSSR count). The quantitative estimate of drug-likeness (QED) is 0.282. The lowest BCUT2D eigenvalue weighted by atomic mass is 9.87. The van der Waals surface area contributed by atoms with Crippen LogP contribution in [0.3, 0.4) is 0 Å². The van der Waals surface area contributed by atoms with Crippen LogP contribution in [0.2, 0.25) is 0 Å². The summed E-state index contributed by atoms with van der Waals surface area (Å²) in [6.45, 7) is 4.04.